The van der Waals surface area contributed by atoms with Gasteiger partial charge in [-0.2, -0.15) is 0 Å². The average molecular weight is 274 g/mol. The van der Waals surface area contributed by atoms with Gasteiger partial charge in [-0.3, -0.25) is 10.1 Å². The zero-order valence-electron chi connectivity index (χ0n) is 10.9. The fourth-order valence-corrected chi connectivity index (χ4v) is 2.05. The molecule has 0 saturated carbocycles. The number of carboxylic acids is 1. The van der Waals surface area contributed by atoms with Crippen LogP contribution in [0, 0.1) is 10.1 Å². The summed E-state index contributed by atoms with van der Waals surface area (Å²) in [6, 6.07) is 6.41. The van der Waals surface area contributed by atoms with E-state index in [1.165, 1.54) is 12.1 Å². The third-order valence-electron chi connectivity index (χ3n) is 3.16. The Bertz CT molecular complexity index is 700. The van der Waals surface area contributed by atoms with Gasteiger partial charge in [-0.1, -0.05) is 13.0 Å². The Balaban J connectivity index is 2.32. The number of rotatable bonds is 5. The zero-order valence-corrected chi connectivity index (χ0v) is 10.9. The molecule has 1 aromatic carbocycles. The van der Waals surface area contributed by atoms with Gasteiger partial charge in [-0.15, -0.1) is 0 Å². The molecule has 2 rings (SSSR count). The summed E-state index contributed by atoms with van der Waals surface area (Å²) in [6.45, 7) is 2.22. The highest BCUT2D eigenvalue weighted by atomic mass is 16.6. The lowest BCUT2D eigenvalue weighted by Crippen LogP contribution is -2.02. The molecular formula is C14H14N2O4. The van der Waals surface area contributed by atoms with Crippen molar-refractivity contribution in [2.75, 3.05) is 0 Å². The van der Waals surface area contributed by atoms with Crippen molar-refractivity contribution in [2.24, 2.45) is 0 Å². The van der Waals surface area contributed by atoms with Gasteiger partial charge in [0.1, 0.15) is 0 Å². The van der Waals surface area contributed by atoms with E-state index in [1.807, 2.05) is 4.57 Å². The first-order valence-electron chi connectivity index (χ1n) is 6.18. The van der Waals surface area contributed by atoms with Crippen molar-refractivity contribution >= 4 is 22.6 Å². The number of carboxylic acid groups (broad SMARTS) is 1. The summed E-state index contributed by atoms with van der Waals surface area (Å²) in [5.41, 5.74) is 1.24. The third-order valence-corrected chi connectivity index (χ3v) is 3.16. The summed E-state index contributed by atoms with van der Waals surface area (Å²) in [5, 5.41) is 20.4. The Labute approximate surface area is 115 Å². The summed E-state index contributed by atoms with van der Waals surface area (Å²) in [5.74, 6) is -0.917. The van der Waals surface area contributed by atoms with Crippen LogP contribution in [0.4, 0.5) is 5.69 Å². The van der Waals surface area contributed by atoms with Crippen LogP contribution in [-0.4, -0.2) is 20.6 Å². The molecule has 0 radical (unpaired) electrons. The Kier molecular flexibility index (Phi) is 3.84. The molecule has 1 heterocycles. The Hall–Kier alpha value is -2.63. The molecule has 2 aromatic rings. The van der Waals surface area contributed by atoms with E-state index in [2.05, 4.69) is 0 Å². The molecule has 20 heavy (non-hydrogen) atoms. The highest BCUT2D eigenvalue weighted by Crippen LogP contribution is 2.22. The molecule has 0 fully saturated rings. The Morgan fingerprint density at radius 2 is 2.20 bits per heavy atom. The van der Waals surface area contributed by atoms with Crippen LogP contribution in [0.3, 0.4) is 0 Å². The van der Waals surface area contributed by atoms with Gasteiger partial charge in [0, 0.05) is 41.4 Å². The number of allylic oxidation sites excluding steroid dienone is 1. The van der Waals surface area contributed by atoms with Gasteiger partial charge in [-0.25, -0.2) is 4.79 Å². The van der Waals surface area contributed by atoms with Crippen LogP contribution < -0.4 is 0 Å². The maximum absolute atomic E-state index is 10.9. The number of nitrogens with zero attached hydrogens (tertiary/aromatic N) is 2. The van der Waals surface area contributed by atoms with Crippen molar-refractivity contribution in [3.05, 3.63) is 52.2 Å². The van der Waals surface area contributed by atoms with Crippen molar-refractivity contribution in [2.45, 2.75) is 19.9 Å². The maximum atomic E-state index is 10.9. The minimum Gasteiger partial charge on any atom is -0.478 e. The molecular weight excluding hydrogens is 260 g/mol. The van der Waals surface area contributed by atoms with Crippen molar-refractivity contribution in [1.29, 1.82) is 0 Å². The van der Waals surface area contributed by atoms with E-state index in [0.717, 1.165) is 10.9 Å². The number of aliphatic carboxylic acids is 1. The predicted octanol–water partition coefficient (Wildman–Crippen LogP) is 2.97. The molecule has 0 aliphatic carbocycles. The van der Waals surface area contributed by atoms with Crippen molar-refractivity contribution < 1.29 is 14.8 Å². The number of fused-ring (bicyclic) bond motifs is 1. The highest BCUT2D eigenvalue weighted by Gasteiger charge is 2.09. The van der Waals surface area contributed by atoms with Gasteiger partial charge >= 0.3 is 5.97 Å². The zero-order chi connectivity index (χ0) is 14.7. The van der Waals surface area contributed by atoms with Crippen molar-refractivity contribution in [1.82, 2.24) is 4.57 Å². The van der Waals surface area contributed by atoms with Crippen LogP contribution in [0.5, 0.6) is 0 Å². The molecule has 104 valence electrons. The molecule has 6 nitrogen and oxygen atoms in total. The minimum absolute atomic E-state index is 0.0468. The van der Waals surface area contributed by atoms with Crippen molar-refractivity contribution in [3.63, 3.8) is 0 Å². The molecule has 0 unspecified atom stereocenters. The van der Waals surface area contributed by atoms with Crippen LogP contribution >= 0.6 is 0 Å². The van der Waals surface area contributed by atoms with Gasteiger partial charge in [0.05, 0.1) is 4.92 Å². The van der Waals surface area contributed by atoms with Crippen LogP contribution in [-0.2, 0) is 11.3 Å². The van der Waals surface area contributed by atoms with Gasteiger partial charge < -0.3 is 9.67 Å². The van der Waals surface area contributed by atoms with Gasteiger partial charge in [-0.05, 0) is 18.6 Å². The molecule has 0 atom stereocenters. The number of nitro groups is 1. The molecule has 0 saturated heterocycles. The molecule has 0 aliphatic heterocycles. The second kappa shape index (κ2) is 5.56. The average Bonchev–Trinajstić information content (AvgIpc) is 2.81. The second-order valence-electron chi connectivity index (χ2n) is 4.36. The predicted molar refractivity (Wildman–Crippen MR) is 74.6 cm³/mol. The van der Waals surface area contributed by atoms with Gasteiger partial charge in [0.15, 0.2) is 0 Å². The summed E-state index contributed by atoms with van der Waals surface area (Å²) in [7, 11) is 0. The van der Waals surface area contributed by atoms with E-state index >= 15 is 0 Å². The molecule has 1 aromatic heterocycles. The molecule has 0 bridgehead atoms. The first-order valence-corrected chi connectivity index (χ1v) is 6.18. The number of hydrogen-bond donors (Lipinski definition) is 1. The first-order chi connectivity index (χ1) is 9.52. The SMILES string of the molecule is CCC(=CCn1ccc2cc([N+](=O)[O-])ccc21)C(=O)O. The number of carbonyl (C=O) groups is 1. The van der Waals surface area contributed by atoms with E-state index in [9.17, 15) is 14.9 Å². The van der Waals surface area contributed by atoms with Gasteiger partial charge in [0.2, 0.25) is 0 Å². The van der Waals surface area contributed by atoms with Gasteiger partial charge in [0.25, 0.3) is 5.69 Å². The van der Waals surface area contributed by atoms with Crippen LogP contribution in [0.15, 0.2) is 42.1 Å². The minimum atomic E-state index is -0.917. The van der Waals surface area contributed by atoms with Crippen LogP contribution in [0.25, 0.3) is 10.9 Å². The number of aromatic nitrogens is 1. The maximum Gasteiger partial charge on any atom is 0.331 e. The summed E-state index contributed by atoms with van der Waals surface area (Å²) in [4.78, 5) is 21.2. The van der Waals surface area contributed by atoms with E-state index < -0.39 is 10.9 Å². The van der Waals surface area contributed by atoms with E-state index in [0.29, 0.717) is 18.5 Å². The fourth-order valence-electron chi connectivity index (χ4n) is 2.05. The summed E-state index contributed by atoms with van der Waals surface area (Å²) < 4.78 is 1.86. The quantitative estimate of drug-likeness (QED) is 0.516. The highest BCUT2D eigenvalue weighted by molar-refractivity contribution is 5.86. The number of nitro benzene ring substituents is 1. The topological polar surface area (TPSA) is 85.4 Å². The third kappa shape index (κ3) is 2.69. The van der Waals surface area contributed by atoms with Crippen molar-refractivity contribution in [3.8, 4) is 0 Å². The lowest BCUT2D eigenvalue weighted by molar-refractivity contribution is -0.384. The second-order valence-corrected chi connectivity index (χ2v) is 4.36. The molecule has 6 heteroatoms. The molecule has 1 N–H and O–H groups in total. The van der Waals surface area contributed by atoms with E-state index in [-0.39, 0.29) is 5.69 Å². The number of non-ortho nitro benzene ring substituents is 1. The number of benzene rings is 1. The normalized spacial score (nSPS) is 11.8. The largest absolute Gasteiger partial charge is 0.478 e. The molecule has 0 aliphatic rings. The Morgan fingerprint density at radius 1 is 1.45 bits per heavy atom. The van der Waals surface area contributed by atoms with E-state index in [4.69, 9.17) is 5.11 Å². The molecule has 0 spiro atoms. The summed E-state index contributed by atoms with van der Waals surface area (Å²) in [6.07, 6.45) is 3.91. The smallest absolute Gasteiger partial charge is 0.331 e. The molecule has 0 amide bonds. The lowest BCUT2D eigenvalue weighted by atomic mass is 10.2. The Morgan fingerprint density at radius 3 is 2.80 bits per heavy atom. The number of hydrogen-bond acceptors (Lipinski definition) is 3. The first kappa shape index (κ1) is 13.8. The lowest BCUT2D eigenvalue weighted by Gasteiger charge is -2.03. The monoisotopic (exact) mass is 274 g/mol. The summed E-state index contributed by atoms with van der Waals surface area (Å²) >= 11 is 0. The fraction of sp³-hybridized carbons (Fsp3) is 0.214. The van der Waals surface area contributed by atoms with E-state index in [1.54, 1.807) is 31.3 Å². The van der Waals surface area contributed by atoms with Crippen LogP contribution in [0.1, 0.15) is 13.3 Å². The standard InChI is InChI=1S/C14H14N2O4/c1-2-10(14(17)18)5-7-15-8-6-11-9-12(16(19)20)3-4-13(11)15/h3-6,8-9H,2,7H2,1H3,(H,17,18). The van der Waals surface area contributed by atoms with Crippen LogP contribution in [0.2, 0.25) is 0 Å².